The summed E-state index contributed by atoms with van der Waals surface area (Å²) in [6.45, 7) is 1.53. The van der Waals surface area contributed by atoms with E-state index in [1.165, 1.54) is 0 Å². The number of rotatable bonds is 3. The van der Waals surface area contributed by atoms with Crippen molar-refractivity contribution in [3.8, 4) is 0 Å². The molecule has 0 heterocycles. The van der Waals surface area contributed by atoms with Crippen molar-refractivity contribution in [2.75, 3.05) is 20.2 Å². The maximum Gasteiger partial charge on any atom is 0.0735 e. The first-order valence-corrected chi connectivity index (χ1v) is 2.19. The molecule has 0 atom stereocenters. The van der Waals surface area contributed by atoms with Crippen LogP contribution in [0, 0.1) is 0 Å². The van der Waals surface area contributed by atoms with Gasteiger partial charge in [-0.15, -0.1) is 0 Å². The van der Waals surface area contributed by atoms with Crippen molar-refractivity contribution in [3.05, 3.63) is 0 Å². The summed E-state index contributed by atoms with van der Waals surface area (Å²) in [7, 11) is 1.87. The lowest BCUT2D eigenvalue weighted by molar-refractivity contribution is 0.380. The molecule has 0 rings (SSSR count). The number of nitrogens with one attached hydrogen (secondary N) is 1. The third-order valence-electron chi connectivity index (χ3n) is 0.443. The lowest BCUT2D eigenvalue weighted by Gasteiger charge is -1.90. The van der Waals surface area contributed by atoms with Crippen LogP contribution in [0.15, 0.2) is 0 Å². The Kier molecular flexibility index (Phi) is 5.51. The lowest BCUT2D eigenvalue weighted by Crippen LogP contribution is -2.11. The van der Waals surface area contributed by atoms with E-state index in [1.54, 1.807) is 0 Å². The maximum atomic E-state index is 4.41. The molecule has 0 aliphatic rings. The summed E-state index contributed by atoms with van der Waals surface area (Å²) in [5, 5.41) is 2.89. The highest BCUT2D eigenvalue weighted by Gasteiger charge is 1.73. The Bertz CT molecular complexity index is 22.8. The van der Waals surface area contributed by atoms with E-state index in [0.717, 1.165) is 6.54 Å². The molecular weight excluding hydrogens is 98.1 g/mol. The normalized spacial score (nSPS) is 9.00. The molecule has 0 aliphatic carbocycles. The van der Waals surface area contributed by atoms with Gasteiger partial charge in [-0.05, 0) is 20.0 Å². The molecule has 0 amide bonds. The van der Waals surface area contributed by atoms with Crippen molar-refractivity contribution in [2.24, 2.45) is 0 Å². The van der Waals surface area contributed by atoms with Crippen molar-refractivity contribution in [1.29, 1.82) is 0 Å². The van der Waals surface area contributed by atoms with Crippen molar-refractivity contribution in [3.63, 3.8) is 0 Å². The van der Waals surface area contributed by atoms with Gasteiger partial charge in [-0.1, -0.05) is 0 Å². The Morgan fingerprint density at radius 3 is 2.67 bits per heavy atom. The van der Waals surface area contributed by atoms with Crippen LogP contribution in [0.4, 0.5) is 0 Å². The standard InChI is InChI=1S/C3H9NOS/c1-4-2-3-5-6/h4,6H,2-3H2,1H3. The van der Waals surface area contributed by atoms with Crippen LogP contribution in [0.5, 0.6) is 0 Å². The number of hydrogen-bond acceptors (Lipinski definition) is 3. The van der Waals surface area contributed by atoms with Gasteiger partial charge in [0, 0.05) is 6.54 Å². The minimum atomic E-state index is 0.666. The zero-order valence-electron chi connectivity index (χ0n) is 3.77. The molecule has 0 spiro atoms. The summed E-state index contributed by atoms with van der Waals surface area (Å²) >= 11 is 3.51. The summed E-state index contributed by atoms with van der Waals surface area (Å²) in [5.74, 6) is 0. The van der Waals surface area contributed by atoms with Crippen molar-refractivity contribution in [1.82, 2.24) is 5.32 Å². The van der Waals surface area contributed by atoms with Crippen LogP contribution < -0.4 is 5.32 Å². The Morgan fingerprint density at radius 1 is 1.83 bits per heavy atom. The molecule has 0 aromatic heterocycles. The van der Waals surface area contributed by atoms with Crippen LogP contribution >= 0.6 is 12.9 Å². The second kappa shape index (κ2) is 5.27. The third kappa shape index (κ3) is 4.27. The van der Waals surface area contributed by atoms with Gasteiger partial charge in [0.05, 0.1) is 6.61 Å². The lowest BCUT2D eigenvalue weighted by atomic mass is 10.7. The Morgan fingerprint density at radius 2 is 2.50 bits per heavy atom. The van der Waals surface area contributed by atoms with Crippen molar-refractivity contribution < 1.29 is 4.18 Å². The van der Waals surface area contributed by atoms with Crippen LogP contribution in [0.1, 0.15) is 0 Å². The van der Waals surface area contributed by atoms with E-state index in [-0.39, 0.29) is 0 Å². The zero-order chi connectivity index (χ0) is 4.83. The highest BCUT2D eigenvalue weighted by molar-refractivity contribution is 7.75. The monoisotopic (exact) mass is 107 g/mol. The van der Waals surface area contributed by atoms with Crippen molar-refractivity contribution in [2.45, 2.75) is 0 Å². The van der Waals surface area contributed by atoms with Crippen LogP contribution in [0.3, 0.4) is 0 Å². The topological polar surface area (TPSA) is 21.3 Å². The average Bonchev–Trinajstić information content (AvgIpc) is 1.61. The van der Waals surface area contributed by atoms with Gasteiger partial charge >= 0.3 is 0 Å². The molecule has 0 radical (unpaired) electrons. The predicted octanol–water partition coefficient (Wildman–Crippen LogP) is 0.0672. The number of likely N-dealkylation sites (N-methyl/N-ethyl adjacent to an activating group) is 1. The molecule has 0 unspecified atom stereocenters. The highest BCUT2D eigenvalue weighted by Crippen LogP contribution is 1.71. The third-order valence-corrected chi connectivity index (χ3v) is 0.626. The molecule has 38 valence electrons. The van der Waals surface area contributed by atoms with E-state index in [2.05, 4.69) is 22.4 Å². The fourth-order valence-corrected chi connectivity index (χ4v) is 0.239. The second-order valence-electron chi connectivity index (χ2n) is 0.937. The summed E-state index contributed by atoms with van der Waals surface area (Å²) in [5.41, 5.74) is 0. The summed E-state index contributed by atoms with van der Waals surface area (Å²) in [4.78, 5) is 0. The van der Waals surface area contributed by atoms with Gasteiger partial charge < -0.3 is 9.50 Å². The Labute approximate surface area is 43.5 Å². The van der Waals surface area contributed by atoms with Gasteiger partial charge in [0.25, 0.3) is 0 Å². The second-order valence-corrected chi connectivity index (χ2v) is 1.19. The van der Waals surface area contributed by atoms with Crippen LogP contribution in [-0.4, -0.2) is 20.2 Å². The average molecular weight is 107 g/mol. The SMILES string of the molecule is CNCCOS. The fourth-order valence-electron chi connectivity index (χ4n) is 0.148. The molecule has 6 heavy (non-hydrogen) atoms. The first-order chi connectivity index (χ1) is 2.91. The summed E-state index contributed by atoms with van der Waals surface area (Å²) in [6, 6.07) is 0. The first kappa shape index (κ1) is 6.27. The van der Waals surface area contributed by atoms with Crippen LogP contribution in [-0.2, 0) is 4.18 Å². The summed E-state index contributed by atoms with van der Waals surface area (Å²) in [6.07, 6.45) is 0. The molecule has 2 nitrogen and oxygen atoms in total. The quantitative estimate of drug-likeness (QED) is 0.302. The first-order valence-electron chi connectivity index (χ1n) is 1.82. The van der Waals surface area contributed by atoms with E-state index in [9.17, 15) is 0 Å². The predicted molar refractivity (Wildman–Crippen MR) is 28.9 cm³/mol. The maximum absolute atomic E-state index is 4.41. The molecular formula is C3H9NOS. The minimum Gasteiger partial charge on any atom is -0.317 e. The van der Waals surface area contributed by atoms with E-state index in [0.29, 0.717) is 6.61 Å². The smallest absolute Gasteiger partial charge is 0.0735 e. The summed E-state index contributed by atoms with van der Waals surface area (Å²) < 4.78 is 4.41. The Hall–Kier alpha value is 0.270. The van der Waals surface area contributed by atoms with E-state index >= 15 is 0 Å². The minimum absolute atomic E-state index is 0.666. The molecule has 3 heteroatoms. The fraction of sp³-hybridized carbons (Fsp3) is 1.00. The van der Waals surface area contributed by atoms with Crippen LogP contribution in [0.25, 0.3) is 0 Å². The molecule has 1 N–H and O–H groups in total. The molecule has 0 bridgehead atoms. The van der Waals surface area contributed by atoms with Crippen LogP contribution in [0.2, 0.25) is 0 Å². The molecule has 0 saturated heterocycles. The van der Waals surface area contributed by atoms with Gasteiger partial charge in [0.1, 0.15) is 0 Å². The number of hydrogen-bond donors (Lipinski definition) is 2. The van der Waals surface area contributed by atoms with Gasteiger partial charge in [-0.2, -0.15) is 0 Å². The molecule has 0 aliphatic heterocycles. The molecule has 0 aromatic rings. The highest BCUT2D eigenvalue weighted by atomic mass is 32.1. The molecule has 0 fully saturated rings. The Balaban J connectivity index is 2.34. The van der Waals surface area contributed by atoms with E-state index in [4.69, 9.17) is 0 Å². The van der Waals surface area contributed by atoms with Gasteiger partial charge in [0.15, 0.2) is 0 Å². The largest absolute Gasteiger partial charge is 0.317 e. The molecule has 0 aromatic carbocycles. The molecule has 0 saturated carbocycles. The van der Waals surface area contributed by atoms with Gasteiger partial charge in [-0.25, -0.2) is 0 Å². The zero-order valence-corrected chi connectivity index (χ0v) is 4.66. The van der Waals surface area contributed by atoms with Crippen molar-refractivity contribution >= 4 is 12.9 Å². The van der Waals surface area contributed by atoms with E-state index in [1.807, 2.05) is 7.05 Å². The number of thiol groups is 1. The van der Waals surface area contributed by atoms with Gasteiger partial charge in [0.2, 0.25) is 0 Å². The van der Waals surface area contributed by atoms with Gasteiger partial charge in [-0.3, -0.25) is 0 Å². The van der Waals surface area contributed by atoms with E-state index < -0.39 is 0 Å².